The number of fused-ring (bicyclic) bond motifs is 2. The summed E-state index contributed by atoms with van der Waals surface area (Å²) in [6.07, 6.45) is 0.890. The Kier molecular flexibility index (Phi) is 4.13. The molecule has 7 heteroatoms. The summed E-state index contributed by atoms with van der Waals surface area (Å²) < 4.78 is 0. The number of thiophene rings is 1. The SMILES string of the molecule is Cc1sc2nc(SCC(=O)N3CCc4ccccc43)[nH]c(=O)c2c1C. The van der Waals surface area contributed by atoms with Crippen LogP contribution in [0.5, 0.6) is 0 Å². The Labute approximate surface area is 153 Å². The molecule has 0 aliphatic carbocycles. The average Bonchev–Trinajstić information content (AvgIpc) is 3.14. The molecule has 0 saturated heterocycles. The Bertz CT molecular complexity index is 1040. The summed E-state index contributed by atoms with van der Waals surface area (Å²) in [4.78, 5) is 35.8. The highest BCUT2D eigenvalue weighted by Gasteiger charge is 2.24. The molecular formula is C18H17N3O2S2. The molecule has 0 atom stereocenters. The molecule has 3 heterocycles. The summed E-state index contributed by atoms with van der Waals surface area (Å²) in [5.41, 5.74) is 3.05. The third kappa shape index (κ3) is 2.87. The van der Waals surface area contributed by atoms with Crippen molar-refractivity contribution in [3.8, 4) is 0 Å². The first-order chi connectivity index (χ1) is 12.0. The van der Waals surface area contributed by atoms with Crippen LogP contribution in [0.1, 0.15) is 16.0 Å². The van der Waals surface area contributed by atoms with E-state index in [1.54, 1.807) is 0 Å². The highest BCUT2D eigenvalue weighted by molar-refractivity contribution is 7.99. The normalized spacial score (nSPS) is 13.4. The lowest BCUT2D eigenvalue weighted by Gasteiger charge is -2.16. The van der Waals surface area contributed by atoms with Gasteiger partial charge in [-0.3, -0.25) is 9.59 Å². The van der Waals surface area contributed by atoms with Crippen molar-refractivity contribution in [1.82, 2.24) is 9.97 Å². The minimum atomic E-state index is -0.131. The molecule has 1 aliphatic heterocycles. The van der Waals surface area contributed by atoms with Gasteiger partial charge in [-0.25, -0.2) is 4.98 Å². The van der Waals surface area contributed by atoms with Crippen LogP contribution in [0.2, 0.25) is 0 Å². The zero-order valence-corrected chi connectivity index (χ0v) is 15.6. The molecule has 4 rings (SSSR count). The fourth-order valence-corrected chi connectivity index (χ4v) is 4.93. The smallest absolute Gasteiger partial charge is 0.260 e. The van der Waals surface area contributed by atoms with Gasteiger partial charge in [0.25, 0.3) is 5.56 Å². The van der Waals surface area contributed by atoms with Gasteiger partial charge in [-0.2, -0.15) is 0 Å². The van der Waals surface area contributed by atoms with E-state index in [0.29, 0.717) is 17.1 Å². The number of benzene rings is 1. The van der Waals surface area contributed by atoms with Gasteiger partial charge in [0.15, 0.2) is 5.16 Å². The molecule has 2 aromatic heterocycles. The van der Waals surface area contributed by atoms with Crippen molar-refractivity contribution in [2.75, 3.05) is 17.2 Å². The topological polar surface area (TPSA) is 66.1 Å². The van der Waals surface area contributed by atoms with Crippen LogP contribution in [0.4, 0.5) is 5.69 Å². The number of hydrogen-bond acceptors (Lipinski definition) is 5. The number of carbonyl (C=O) groups is 1. The van der Waals surface area contributed by atoms with Crippen LogP contribution in [-0.2, 0) is 11.2 Å². The first-order valence-corrected chi connectivity index (χ1v) is 9.86. The maximum Gasteiger partial charge on any atom is 0.260 e. The van der Waals surface area contributed by atoms with Crippen molar-refractivity contribution in [3.05, 3.63) is 50.6 Å². The minimum Gasteiger partial charge on any atom is -0.311 e. The lowest BCUT2D eigenvalue weighted by atomic mass is 10.2. The number of H-pyrrole nitrogens is 1. The molecule has 3 aromatic rings. The number of anilines is 1. The second kappa shape index (κ2) is 6.31. The zero-order chi connectivity index (χ0) is 17.6. The molecule has 0 unspecified atom stereocenters. The van der Waals surface area contributed by atoms with E-state index in [1.165, 1.54) is 28.7 Å². The maximum absolute atomic E-state index is 12.6. The first kappa shape index (κ1) is 16.4. The number of rotatable bonds is 3. The Balaban J connectivity index is 1.53. The number of amides is 1. The Morgan fingerprint density at radius 1 is 1.36 bits per heavy atom. The molecular weight excluding hydrogens is 354 g/mol. The lowest BCUT2D eigenvalue weighted by Crippen LogP contribution is -2.30. The standard InChI is InChI=1S/C18H17N3O2S2/c1-10-11(2)25-17-15(10)16(23)19-18(20-17)24-9-14(22)21-8-7-12-5-3-4-6-13(12)21/h3-6H,7-9H2,1-2H3,(H,19,20,23). The van der Waals surface area contributed by atoms with Gasteiger partial charge in [-0.05, 0) is 37.5 Å². The third-order valence-corrected chi connectivity index (χ3v) is 6.50. The van der Waals surface area contributed by atoms with E-state index in [0.717, 1.165) is 27.4 Å². The molecule has 0 radical (unpaired) electrons. The van der Waals surface area contributed by atoms with Gasteiger partial charge in [-0.1, -0.05) is 30.0 Å². The van der Waals surface area contributed by atoms with Crippen molar-refractivity contribution in [2.45, 2.75) is 25.4 Å². The number of thioether (sulfide) groups is 1. The largest absolute Gasteiger partial charge is 0.311 e. The highest BCUT2D eigenvalue weighted by atomic mass is 32.2. The molecule has 128 valence electrons. The highest BCUT2D eigenvalue weighted by Crippen LogP contribution is 2.29. The number of para-hydroxylation sites is 1. The van der Waals surface area contributed by atoms with Crippen LogP contribution >= 0.6 is 23.1 Å². The van der Waals surface area contributed by atoms with Gasteiger partial charge in [0.1, 0.15) is 4.83 Å². The van der Waals surface area contributed by atoms with Crippen LogP contribution in [0.15, 0.2) is 34.2 Å². The van der Waals surface area contributed by atoms with Crippen molar-refractivity contribution in [3.63, 3.8) is 0 Å². The van der Waals surface area contributed by atoms with Crippen molar-refractivity contribution < 1.29 is 4.79 Å². The molecule has 0 bridgehead atoms. The molecule has 1 amide bonds. The number of aromatic nitrogens is 2. The molecule has 0 spiro atoms. The molecule has 1 aliphatic rings. The first-order valence-electron chi connectivity index (χ1n) is 8.05. The van der Waals surface area contributed by atoms with Crippen molar-refractivity contribution >= 4 is 44.9 Å². The van der Waals surface area contributed by atoms with E-state index >= 15 is 0 Å². The van der Waals surface area contributed by atoms with E-state index in [9.17, 15) is 9.59 Å². The zero-order valence-electron chi connectivity index (χ0n) is 14.0. The van der Waals surface area contributed by atoms with Gasteiger partial charge in [0, 0.05) is 17.1 Å². The number of nitrogens with one attached hydrogen (secondary N) is 1. The van der Waals surface area contributed by atoms with E-state index in [2.05, 4.69) is 16.0 Å². The monoisotopic (exact) mass is 371 g/mol. The predicted molar refractivity (Wildman–Crippen MR) is 103 cm³/mol. The number of hydrogen-bond donors (Lipinski definition) is 1. The summed E-state index contributed by atoms with van der Waals surface area (Å²) in [5.74, 6) is 0.294. The summed E-state index contributed by atoms with van der Waals surface area (Å²) in [5, 5.41) is 1.16. The van der Waals surface area contributed by atoms with Crippen LogP contribution in [0.3, 0.4) is 0 Å². The number of nitrogens with zero attached hydrogens (tertiary/aromatic N) is 2. The second-order valence-electron chi connectivity index (χ2n) is 6.05. The van der Waals surface area contributed by atoms with Gasteiger partial charge < -0.3 is 9.88 Å². The quantitative estimate of drug-likeness (QED) is 0.567. The van der Waals surface area contributed by atoms with E-state index in [-0.39, 0.29) is 17.2 Å². The van der Waals surface area contributed by atoms with Gasteiger partial charge in [0.05, 0.1) is 11.1 Å². The molecule has 1 N–H and O–H groups in total. The van der Waals surface area contributed by atoms with Crippen LogP contribution in [0.25, 0.3) is 10.2 Å². The van der Waals surface area contributed by atoms with E-state index in [1.807, 2.05) is 36.9 Å². The number of aryl methyl sites for hydroxylation is 2. The molecule has 5 nitrogen and oxygen atoms in total. The Hall–Kier alpha value is -2.12. The summed E-state index contributed by atoms with van der Waals surface area (Å²) >= 11 is 2.80. The molecule has 1 aromatic carbocycles. The fraction of sp³-hybridized carbons (Fsp3) is 0.278. The van der Waals surface area contributed by atoms with E-state index in [4.69, 9.17) is 0 Å². The molecule has 25 heavy (non-hydrogen) atoms. The lowest BCUT2D eigenvalue weighted by molar-refractivity contribution is -0.116. The van der Waals surface area contributed by atoms with Crippen LogP contribution in [0, 0.1) is 13.8 Å². The minimum absolute atomic E-state index is 0.0382. The molecule has 0 fully saturated rings. The number of carbonyl (C=O) groups excluding carboxylic acids is 1. The van der Waals surface area contributed by atoms with Gasteiger partial charge >= 0.3 is 0 Å². The Morgan fingerprint density at radius 3 is 3.00 bits per heavy atom. The summed E-state index contributed by atoms with van der Waals surface area (Å²) in [6.45, 7) is 4.64. The summed E-state index contributed by atoms with van der Waals surface area (Å²) in [7, 11) is 0. The van der Waals surface area contributed by atoms with Crippen molar-refractivity contribution in [1.29, 1.82) is 0 Å². The second-order valence-corrected chi connectivity index (χ2v) is 8.21. The number of aromatic amines is 1. The Morgan fingerprint density at radius 2 is 2.16 bits per heavy atom. The third-order valence-electron chi connectivity index (χ3n) is 4.54. The van der Waals surface area contributed by atoms with Crippen molar-refractivity contribution in [2.24, 2.45) is 0 Å². The van der Waals surface area contributed by atoms with Crippen LogP contribution in [-0.4, -0.2) is 28.2 Å². The average molecular weight is 371 g/mol. The van der Waals surface area contributed by atoms with Gasteiger partial charge in [0.2, 0.25) is 5.91 Å². The fourth-order valence-electron chi connectivity index (χ4n) is 3.11. The van der Waals surface area contributed by atoms with Gasteiger partial charge in [-0.15, -0.1) is 11.3 Å². The molecule has 0 saturated carbocycles. The maximum atomic E-state index is 12.6. The summed E-state index contributed by atoms with van der Waals surface area (Å²) in [6, 6.07) is 7.99. The van der Waals surface area contributed by atoms with Crippen LogP contribution < -0.4 is 10.5 Å². The predicted octanol–water partition coefficient (Wildman–Crippen LogP) is 3.28. The van der Waals surface area contributed by atoms with E-state index < -0.39 is 0 Å².